The maximum absolute atomic E-state index is 11.9. The number of nitrogens with one attached hydrogen (secondary N) is 2. The second-order valence-corrected chi connectivity index (χ2v) is 5.54. The molecule has 0 saturated heterocycles. The smallest absolute Gasteiger partial charge is 0.248 e. The van der Waals surface area contributed by atoms with Gasteiger partial charge in [-0.2, -0.15) is 10.2 Å². The van der Waals surface area contributed by atoms with Crippen LogP contribution in [0.4, 0.5) is 0 Å². The second kappa shape index (κ2) is 8.84. The molecule has 9 nitrogen and oxygen atoms in total. The van der Waals surface area contributed by atoms with Crippen LogP contribution in [0.1, 0.15) is 25.3 Å². The molecule has 26 heavy (non-hydrogen) atoms. The second-order valence-electron chi connectivity index (χ2n) is 5.54. The molecule has 0 bridgehead atoms. The third-order valence-electron chi connectivity index (χ3n) is 3.95. The minimum absolute atomic E-state index is 0.158. The Morgan fingerprint density at radius 1 is 1.27 bits per heavy atom. The average Bonchev–Trinajstić information content (AvgIpc) is 2.97. The van der Waals surface area contributed by atoms with Crippen LogP contribution in [0.2, 0.25) is 0 Å². The SMILES string of the molecule is COc1ccc(/C=N\NC(=O)CCC2C(=O)NN=C2C)c(OC)c1OC. The topological polar surface area (TPSA) is 111 Å². The number of carbonyl (C=O) groups is 2. The van der Waals surface area contributed by atoms with Crippen LogP contribution in [0.15, 0.2) is 22.3 Å². The fraction of sp³-hybridized carbons (Fsp3) is 0.412. The van der Waals surface area contributed by atoms with Crippen molar-refractivity contribution in [2.24, 2.45) is 16.1 Å². The zero-order chi connectivity index (χ0) is 19.1. The van der Waals surface area contributed by atoms with Gasteiger partial charge in [0.05, 0.1) is 33.5 Å². The van der Waals surface area contributed by atoms with Gasteiger partial charge >= 0.3 is 0 Å². The number of hydrazone groups is 2. The zero-order valence-electron chi connectivity index (χ0n) is 15.2. The Balaban J connectivity index is 1.96. The predicted molar refractivity (Wildman–Crippen MR) is 95.8 cm³/mol. The van der Waals surface area contributed by atoms with Gasteiger partial charge in [0.2, 0.25) is 17.6 Å². The summed E-state index contributed by atoms with van der Waals surface area (Å²) < 4.78 is 15.8. The van der Waals surface area contributed by atoms with Gasteiger partial charge in [-0.05, 0) is 25.5 Å². The lowest BCUT2D eigenvalue weighted by Crippen LogP contribution is -2.25. The van der Waals surface area contributed by atoms with Gasteiger partial charge in [-0.15, -0.1) is 0 Å². The van der Waals surface area contributed by atoms with Crippen LogP contribution in [0.3, 0.4) is 0 Å². The van der Waals surface area contributed by atoms with Crippen molar-refractivity contribution in [2.45, 2.75) is 19.8 Å². The lowest BCUT2D eigenvalue weighted by Gasteiger charge is -2.13. The maximum Gasteiger partial charge on any atom is 0.248 e. The van der Waals surface area contributed by atoms with Crippen molar-refractivity contribution in [3.63, 3.8) is 0 Å². The highest BCUT2D eigenvalue weighted by Gasteiger charge is 2.27. The summed E-state index contributed by atoms with van der Waals surface area (Å²) >= 11 is 0. The van der Waals surface area contributed by atoms with Gasteiger partial charge < -0.3 is 14.2 Å². The quantitative estimate of drug-likeness (QED) is 0.531. The van der Waals surface area contributed by atoms with E-state index in [1.165, 1.54) is 27.5 Å². The van der Waals surface area contributed by atoms with E-state index in [1.807, 2.05) is 0 Å². The number of nitrogens with zero attached hydrogens (tertiary/aromatic N) is 2. The molecule has 140 valence electrons. The van der Waals surface area contributed by atoms with Crippen LogP contribution in [-0.4, -0.2) is 45.1 Å². The molecule has 1 atom stereocenters. The summed E-state index contributed by atoms with van der Waals surface area (Å²) in [6.07, 6.45) is 1.99. The highest BCUT2D eigenvalue weighted by Crippen LogP contribution is 2.38. The Hall–Kier alpha value is -3.10. The molecule has 0 spiro atoms. The molecule has 9 heteroatoms. The third kappa shape index (κ3) is 4.29. The largest absolute Gasteiger partial charge is 0.493 e. The standard InChI is InChI=1S/C17H22N4O5/c1-10-12(17(23)21-19-10)6-8-14(22)20-18-9-11-5-7-13(24-2)16(26-4)15(11)25-3/h5,7,9,12H,6,8H2,1-4H3,(H,20,22)(H,21,23)/b18-9-. The molecular formula is C17H22N4O5. The number of amides is 2. The summed E-state index contributed by atoms with van der Waals surface area (Å²) in [5, 5.41) is 7.78. The molecule has 1 unspecified atom stereocenters. The fourth-order valence-electron chi connectivity index (χ4n) is 2.56. The first-order chi connectivity index (χ1) is 12.5. The first kappa shape index (κ1) is 19.2. The van der Waals surface area contributed by atoms with Crippen LogP contribution in [0, 0.1) is 5.92 Å². The number of hydrogen-bond acceptors (Lipinski definition) is 7. The van der Waals surface area contributed by atoms with Gasteiger partial charge in [-0.1, -0.05) is 0 Å². The molecule has 1 heterocycles. The molecule has 1 aromatic carbocycles. The van der Waals surface area contributed by atoms with E-state index in [0.717, 1.165) is 0 Å². The molecule has 0 saturated carbocycles. The molecule has 0 aliphatic carbocycles. The summed E-state index contributed by atoms with van der Waals surface area (Å²) in [5.74, 6) is 0.557. The van der Waals surface area contributed by atoms with Crippen molar-refractivity contribution < 1.29 is 23.8 Å². The van der Waals surface area contributed by atoms with Crippen molar-refractivity contribution in [1.29, 1.82) is 0 Å². The average molecular weight is 362 g/mol. The van der Waals surface area contributed by atoms with Crippen LogP contribution in [0.5, 0.6) is 17.2 Å². The van der Waals surface area contributed by atoms with E-state index in [1.54, 1.807) is 19.1 Å². The molecule has 1 aromatic rings. The molecule has 2 rings (SSSR count). The number of hydrogen-bond donors (Lipinski definition) is 2. The van der Waals surface area contributed by atoms with E-state index in [-0.39, 0.29) is 24.2 Å². The van der Waals surface area contributed by atoms with Crippen molar-refractivity contribution >= 4 is 23.7 Å². The first-order valence-corrected chi connectivity index (χ1v) is 7.96. The molecule has 0 fully saturated rings. The monoisotopic (exact) mass is 362 g/mol. The Morgan fingerprint density at radius 3 is 2.58 bits per heavy atom. The molecule has 0 aromatic heterocycles. The Labute approximate surface area is 151 Å². The van der Waals surface area contributed by atoms with Gasteiger partial charge in [0.1, 0.15) is 0 Å². The van der Waals surface area contributed by atoms with Crippen molar-refractivity contribution in [2.75, 3.05) is 21.3 Å². The van der Waals surface area contributed by atoms with Gasteiger partial charge in [0.25, 0.3) is 0 Å². The van der Waals surface area contributed by atoms with Crippen LogP contribution < -0.4 is 25.1 Å². The molecular weight excluding hydrogens is 340 g/mol. The Kier molecular flexibility index (Phi) is 6.54. The number of carbonyl (C=O) groups excluding carboxylic acids is 2. The summed E-state index contributed by atoms with van der Waals surface area (Å²) in [4.78, 5) is 23.5. The fourth-order valence-corrected chi connectivity index (χ4v) is 2.56. The van der Waals surface area contributed by atoms with E-state index in [4.69, 9.17) is 14.2 Å². The van der Waals surface area contributed by atoms with Crippen molar-refractivity contribution in [1.82, 2.24) is 10.9 Å². The Bertz CT molecular complexity index is 745. The maximum atomic E-state index is 11.9. The van der Waals surface area contributed by atoms with E-state index < -0.39 is 0 Å². The van der Waals surface area contributed by atoms with E-state index in [2.05, 4.69) is 21.1 Å². The number of benzene rings is 1. The first-order valence-electron chi connectivity index (χ1n) is 7.96. The number of rotatable bonds is 8. The minimum Gasteiger partial charge on any atom is -0.493 e. The lowest BCUT2D eigenvalue weighted by molar-refractivity contribution is -0.123. The summed E-state index contributed by atoms with van der Waals surface area (Å²) in [7, 11) is 4.54. The molecule has 2 amide bonds. The predicted octanol–water partition coefficient (Wildman–Crippen LogP) is 1.06. The Morgan fingerprint density at radius 2 is 2.00 bits per heavy atom. The summed E-state index contributed by atoms with van der Waals surface area (Å²) in [6, 6.07) is 3.45. The molecule has 0 radical (unpaired) electrons. The molecule has 1 aliphatic heterocycles. The summed E-state index contributed by atoms with van der Waals surface area (Å²) in [6.45, 7) is 1.75. The van der Waals surface area contributed by atoms with Gasteiger partial charge in [0, 0.05) is 17.7 Å². The van der Waals surface area contributed by atoms with E-state index in [9.17, 15) is 9.59 Å². The number of methoxy groups -OCH3 is 3. The van der Waals surface area contributed by atoms with Crippen LogP contribution >= 0.6 is 0 Å². The zero-order valence-corrected chi connectivity index (χ0v) is 15.2. The van der Waals surface area contributed by atoms with E-state index >= 15 is 0 Å². The highest BCUT2D eigenvalue weighted by atomic mass is 16.5. The number of ether oxygens (including phenoxy) is 3. The van der Waals surface area contributed by atoms with Gasteiger partial charge in [-0.3, -0.25) is 9.59 Å². The van der Waals surface area contributed by atoms with Crippen molar-refractivity contribution in [3.05, 3.63) is 17.7 Å². The van der Waals surface area contributed by atoms with Crippen LogP contribution in [0.25, 0.3) is 0 Å². The van der Waals surface area contributed by atoms with E-state index in [0.29, 0.717) is 34.9 Å². The minimum atomic E-state index is -0.365. The normalized spacial score (nSPS) is 16.2. The van der Waals surface area contributed by atoms with Gasteiger partial charge in [0.15, 0.2) is 11.5 Å². The third-order valence-corrected chi connectivity index (χ3v) is 3.95. The highest BCUT2D eigenvalue weighted by molar-refractivity contribution is 6.07. The lowest BCUT2D eigenvalue weighted by atomic mass is 9.99. The summed E-state index contributed by atoms with van der Waals surface area (Å²) in [5.41, 5.74) is 6.12. The molecule has 2 N–H and O–H groups in total. The van der Waals surface area contributed by atoms with Crippen LogP contribution in [-0.2, 0) is 9.59 Å². The van der Waals surface area contributed by atoms with Gasteiger partial charge in [-0.25, -0.2) is 10.9 Å². The van der Waals surface area contributed by atoms with Crippen molar-refractivity contribution in [3.8, 4) is 17.2 Å². The molecule has 1 aliphatic rings.